The number of nitrogens with zero attached hydrogens (tertiary/aromatic N) is 2. The Bertz CT molecular complexity index is 311. The molecule has 0 aromatic carbocycles. The highest BCUT2D eigenvalue weighted by Gasteiger charge is 2.18. The normalized spacial score (nSPS) is 21.0. The van der Waals surface area contributed by atoms with Gasteiger partial charge in [-0.3, -0.25) is 9.69 Å². The van der Waals surface area contributed by atoms with Crippen molar-refractivity contribution in [3.8, 4) is 0 Å². The Morgan fingerprint density at radius 1 is 1.33 bits per heavy atom. The van der Waals surface area contributed by atoms with Crippen molar-refractivity contribution < 1.29 is 14.3 Å². The molecular weight excluding hydrogens is 232 g/mol. The van der Waals surface area contributed by atoms with Crippen LogP contribution in [0.2, 0.25) is 0 Å². The molecule has 0 spiro atoms. The Hall–Kier alpha value is -0.910. The van der Waals surface area contributed by atoms with E-state index in [2.05, 4.69) is 11.0 Å². The van der Waals surface area contributed by atoms with Crippen LogP contribution in [0.4, 0.5) is 0 Å². The Balaban J connectivity index is 1.74. The Morgan fingerprint density at radius 3 is 2.78 bits per heavy atom. The lowest BCUT2D eigenvalue weighted by Gasteiger charge is -2.29. The third-order valence-corrected chi connectivity index (χ3v) is 3.22. The van der Waals surface area contributed by atoms with Crippen LogP contribution in [0.3, 0.4) is 0 Å². The van der Waals surface area contributed by atoms with E-state index in [0.717, 1.165) is 32.7 Å². The van der Waals surface area contributed by atoms with Gasteiger partial charge in [0.05, 0.1) is 33.0 Å². The number of ether oxygens (including phenoxy) is 2. The fourth-order valence-electron chi connectivity index (χ4n) is 2.27. The van der Waals surface area contributed by atoms with Crippen molar-refractivity contribution in [2.45, 2.75) is 6.42 Å². The first kappa shape index (κ1) is 13.5. The average molecular weight is 254 g/mol. The molecule has 0 bridgehead atoms. The molecule has 0 atom stereocenters. The van der Waals surface area contributed by atoms with Crippen molar-refractivity contribution in [2.75, 3.05) is 59.7 Å². The third-order valence-electron chi connectivity index (χ3n) is 3.22. The zero-order chi connectivity index (χ0) is 12.8. The Labute approximate surface area is 108 Å². The third kappa shape index (κ3) is 4.08. The summed E-state index contributed by atoms with van der Waals surface area (Å²) in [5.74, 6) is 0.193. The summed E-state index contributed by atoms with van der Waals surface area (Å²) < 4.78 is 10.6. The van der Waals surface area contributed by atoms with Gasteiger partial charge in [0.25, 0.3) is 0 Å². The molecule has 0 radical (unpaired) electrons. The molecule has 1 amide bonds. The number of hydrogen-bond acceptors (Lipinski definition) is 4. The van der Waals surface area contributed by atoms with Gasteiger partial charge in [-0.05, 0) is 19.0 Å². The molecule has 0 aromatic heterocycles. The van der Waals surface area contributed by atoms with E-state index in [1.165, 1.54) is 5.57 Å². The zero-order valence-corrected chi connectivity index (χ0v) is 11.1. The van der Waals surface area contributed by atoms with Crippen molar-refractivity contribution in [1.29, 1.82) is 0 Å². The maximum absolute atomic E-state index is 12.0. The molecule has 0 aromatic rings. The lowest BCUT2D eigenvalue weighted by Crippen LogP contribution is -2.45. The van der Waals surface area contributed by atoms with Crippen molar-refractivity contribution in [1.82, 2.24) is 9.80 Å². The fourth-order valence-corrected chi connectivity index (χ4v) is 2.27. The summed E-state index contributed by atoms with van der Waals surface area (Å²) in [6, 6.07) is 0. The number of morpholine rings is 1. The second-order valence-electron chi connectivity index (χ2n) is 4.87. The Kier molecular flexibility index (Phi) is 5.16. The number of rotatable bonds is 4. The molecule has 1 saturated heterocycles. The molecule has 102 valence electrons. The number of carbonyl (C=O) groups is 1. The van der Waals surface area contributed by atoms with E-state index >= 15 is 0 Å². The van der Waals surface area contributed by atoms with Crippen molar-refractivity contribution >= 4 is 5.91 Å². The van der Waals surface area contributed by atoms with Crippen LogP contribution in [0.1, 0.15) is 6.42 Å². The zero-order valence-electron chi connectivity index (χ0n) is 11.1. The fraction of sp³-hybridized carbons (Fsp3) is 0.769. The first-order chi connectivity index (χ1) is 8.75. The first-order valence-electron chi connectivity index (χ1n) is 6.55. The maximum Gasteiger partial charge on any atom is 0.236 e. The van der Waals surface area contributed by atoms with Gasteiger partial charge in [0, 0.05) is 19.6 Å². The van der Waals surface area contributed by atoms with Gasteiger partial charge in [-0.2, -0.15) is 0 Å². The summed E-state index contributed by atoms with van der Waals surface area (Å²) in [5.41, 5.74) is 1.28. The Morgan fingerprint density at radius 2 is 2.11 bits per heavy atom. The van der Waals surface area contributed by atoms with Crippen LogP contribution in [-0.2, 0) is 14.3 Å². The maximum atomic E-state index is 12.0. The molecule has 0 aliphatic carbocycles. The van der Waals surface area contributed by atoms with Crippen molar-refractivity contribution in [2.24, 2.45) is 0 Å². The molecule has 0 unspecified atom stereocenters. The second kappa shape index (κ2) is 6.87. The standard InChI is InChI=1S/C13H22N2O3/c1-14(9-12-3-2-6-18-11-12)10-13(16)15-4-7-17-8-5-15/h3H,2,4-11H2,1H3. The van der Waals surface area contributed by atoms with Gasteiger partial charge in [-0.1, -0.05) is 6.08 Å². The monoisotopic (exact) mass is 254 g/mol. The topological polar surface area (TPSA) is 42.0 Å². The number of hydrogen-bond donors (Lipinski definition) is 0. The first-order valence-corrected chi connectivity index (χ1v) is 6.55. The molecule has 5 nitrogen and oxygen atoms in total. The van der Waals surface area contributed by atoms with Gasteiger partial charge in [0.2, 0.25) is 5.91 Å². The minimum absolute atomic E-state index is 0.193. The summed E-state index contributed by atoms with van der Waals surface area (Å²) in [5, 5.41) is 0. The molecular formula is C13H22N2O3. The summed E-state index contributed by atoms with van der Waals surface area (Å²) in [6.45, 7) is 5.57. The van der Waals surface area contributed by atoms with E-state index < -0.39 is 0 Å². The van der Waals surface area contributed by atoms with Crippen LogP contribution in [0.5, 0.6) is 0 Å². The van der Waals surface area contributed by atoms with E-state index in [-0.39, 0.29) is 5.91 Å². The molecule has 2 heterocycles. The average Bonchev–Trinajstić information content (AvgIpc) is 2.40. The van der Waals surface area contributed by atoms with Crippen molar-refractivity contribution in [3.05, 3.63) is 11.6 Å². The van der Waals surface area contributed by atoms with Crippen LogP contribution in [-0.4, -0.2) is 75.4 Å². The summed E-state index contributed by atoms with van der Waals surface area (Å²) in [4.78, 5) is 16.0. The summed E-state index contributed by atoms with van der Waals surface area (Å²) in [6.07, 6.45) is 3.21. The van der Waals surface area contributed by atoms with E-state index in [4.69, 9.17) is 9.47 Å². The summed E-state index contributed by atoms with van der Waals surface area (Å²) >= 11 is 0. The largest absolute Gasteiger partial charge is 0.378 e. The van der Waals surface area contributed by atoms with Gasteiger partial charge in [0.15, 0.2) is 0 Å². The van der Waals surface area contributed by atoms with E-state index in [1.54, 1.807) is 0 Å². The minimum atomic E-state index is 0.193. The second-order valence-corrected chi connectivity index (χ2v) is 4.87. The van der Waals surface area contributed by atoms with Crippen LogP contribution in [0, 0.1) is 0 Å². The van der Waals surface area contributed by atoms with Crippen molar-refractivity contribution in [3.63, 3.8) is 0 Å². The minimum Gasteiger partial charge on any atom is -0.378 e. The van der Waals surface area contributed by atoms with Gasteiger partial charge in [-0.25, -0.2) is 0 Å². The van der Waals surface area contributed by atoms with Gasteiger partial charge in [0.1, 0.15) is 0 Å². The van der Waals surface area contributed by atoms with Gasteiger partial charge < -0.3 is 14.4 Å². The van der Waals surface area contributed by atoms with E-state index in [0.29, 0.717) is 26.4 Å². The predicted octanol–water partition coefficient (Wildman–Crippen LogP) is 0.124. The van der Waals surface area contributed by atoms with Crippen LogP contribution >= 0.6 is 0 Å². The van der Waals surface area contributed by atoms with Gasteiger partial charge in [-0.15, -0.1) is 0 Å². The SMILES string of the molecule is CN(CC(=O)N1CCOCC1)CC1=CCCOC1. The molecule has 2 aliphatic rings. The van der Waals surface area contributed by atoms with Crippen LogP contribution in [0.15, 0.2) is 11.6 Å². The molecule has 5 heteroatoms. The highest BCUT2D eigenvalue weighted by atomic mass is 16.5. The molecule has 2 aliphatic heterocycles. The van der Waals surface area contributed by atoms with Crippen LogP contribution in [0.25, 0.3) is 0 Å². The lowest BCUT2D eigenvalue weighted by atomic mass is 10.2. The molecule has 0 N–H and O–H groups in total. The molecule has 2 rings (SSSR count). The molecule has 1 fully saturated rings. The smallest absolute Gasteiger partial charge is 0.236 e. The molecule has 18 heavy (non-hydrogen) atoms. The highest BCUT2D eigenvalue weighted by molar-refractivity contribution is 5.78. The summed E-state index contributed by atoms with van der Waals surface area (Å²) in [7, 11) is 1.98. The van der Waals surface area contributed by atoms with E-state index in [1.807, 2.05) is 11.9 Å². The lowest BCUT2D eigenvalue weighted by molar-refractivity contribution is -0.136. The van der Waals surface area contributed by atoms with Gasteiger partial charge >= 0.3 is 0 Å². The number of amides is 1. The van der Waals surface area contributed by atoms with Crippen LogP contribution < -0.4 is 0 Å². The predicted molar refractivity (Wildman–Crippen MR) is 68.4 cm³/mol. The molecule has 0 saturated carbocycles. The number of likely N-dealkylation sites (N-methyl/N-ethyl adjacent to an activating group) is 1. The quantitative estimate of drug-likeness (QED) is 0.669. The van der Waals surface area contributed by atoms with E-state index in [9.17, 15) is 4.79 Å². The number of carbonyl (C=O) groups excluding carboxylic acids is 1. The highest BCUT2D eigenvalue weighted by Crippen LogP contribution is 2.07.